The Hall–Kier alpha value is -3.26. The number of benzene rings is 2. The number of carbonyl (C=O) groups excluding carboxylic acids is 1. The van der Waals surface area contributed by atoms with Gasteiger partial charge in [-0.05, 0) is 31.5 Å². The van der Waals surface area contributed by atoms with Crippen LogP contribution in [0, 0.1) is 0 Å². The van der Waals surface area contributed by atoms with Crippen molar-refractivity contribution >= 4 is 11.9 Å². The average molecular weight is 443 g/mol. The van der Waals surface area contributed by atoms with Gasteiger partial charge in [0.1, 0.15) is 17.2 Å². The van der Waals surface area contributed by atoms with E-state index in [1.165, 1.54) is 32.4 Å². The van der Waals surface area contributed by atoms with Gasteiger partial charge < -0.3 is 29.3 Å². The molecule has 1 aliphatic heterocycles. The van der Waals surface area contributed by atoms with Gasteiger partial charge in [0.25, 0.3) is 0 Å². The molecule has 3 unspecified atom stereocenters. The van der Waals surface area contributed by atoms with Crippen molar-refractivity contribution in [3.05, 3.63) is 53.1 Å². The highest BCUT2D eigenvalue weighted by atomic mass is 16.5. The molecule has 8 nitrogen and oxygen atoms in total. The Bertz CT molecular complexity index is 963. The van der Waals surface area contributed by atoms with Gasteiger partial charge in [0.15, 0.2) is 0 Å². The molecule has 0 saturated carbocycles. The van der Waals surface area contributed by atoms with Crippen molar-refractivity contribution in [2.45, 2.75) is 38.4 Å². The molecule has 0 bridgehead atoms. The van der Waals surface area contributed by atoms with E-state index >= 15 is 0 Å². The van der Waals surface area contributed by atoms with E-state index in [1.54, 1.807) is 23.1 Å². The summed E-state index contributed by atoms with van der Waals surface area (Å²) in [5.41, 5.74) is 1.27. The van der Waals surface area contributed by atoms with Gasteiger partial charge in [-0.25, -0.2) is 4.79 Å². The molecule has 0 aromatic heterocycles. The fourth-order valence-corrected chi connectivity index (χ4v) is 4.15. The molecule has 3 rings (SSSR count). The molecule has 0 radical (unpaired) electrons. The summed E-state index contributed by atoms with van der Waals surface area (Å²) >= 11 is 0. The molecule has 8 heteroatoms. The Kier molecular flexibility index (Phi) is 7.25. The quantitative estimate of drug-likeness (QED) is 0.677. The molecule has 2 aromatic carbocycles. The maximum absolute atomic E-state index is 13.3. The molecule has 32 heavy (non-hydrogen) atoms. The van der Waals surface area contributed by atoms with Crippen molar-refractivity contribution in [1.29, 1.82) is 0 Å². The highest BCUT2D eigenvalue weighted by Crippen LogP contribution is 2.43. The Morgan fingerprint density at radius 3 is 2.25 bits per heavy atom. The maximum Gasteiger partial charge on any atom is 0.335 e. The molecule has 2 N–H and O–H groups in total. The van der Waals surface area contributed by atoms with Crippen molar-refractivity contribution in [2.24, 2.45) is 0 Å². The molecule has 1 heterocycles. The minimum absolute atomic E-state index is 0.0648. The molecule has 1 fully saturated rings. The third-order valence-corrected chi connectivity index (χ3v) is 5.61. The van der Waals surface area contributed by atoms with Gasteiger partial charge in [-0.2, -0.15) is 0 Å². The van der Waals surface area contributed by atoms with Crippen LogP contribution >= 0.6 is 0 Å². The lowest BCUT2D eigenvalue weighted by Gasteiger charge is -2.36. The van der Waals surface area contributed by atoms with Crippen LogP contribution in [0.5, 0.6) is 17.2 Å². The summed E-state index contributed by atoms with van der Waals surface area (Å²) in [5.74, 6) is -0.942. The molecule has 0 spiro atoms. The number of rotatable bonds is 7. The molecule has 2 aromatic rings. The number of hydrogen-bond donors (Lipinski definition) is 2. The molecular formula is C24H29NO7. The van der Waals surface area contributed by atoms with Gasteiger partial charge in [0, 0.05) is 43.1 Å². The summed E-state index contributed by atoms with van der Waals surface area (Å²) < 4.78 is 16.5. The van der Waals surface area contributed by atoms with Crippen LogP contribution in [-0.2, 0) is 9.53 Å². The number of carbonyl (C=O) groups is 2. The number of amides is 1. The maximum atomic E-state index is 13.3. The lowest BCUT2D eigenvalue weighted by atomic mass is 9.86. The highest BCUT2D eigenvalue weighted by molar-refractivity contribution is 5.87. The van der Waals surface area contributed by atoms with Crippen molar-refractivity contribution in [3.63, 3.8) is 0 Å². The van der Waals surface area contributed by atoms with Crippen molar-refractivity contribution in [2.75, 3.05) is 27.3 Å². The van der Waals surface area contributed by atoms with E-state index in [0.29, 0.717) is 35.7 Å². The minimum Gasteiger partial charge on any atom is -0.507 e. The van der Waals surface area contributed by atoms with E-state index in [-0.39, 0.29) is 35.8 Å². The van der Waals surface area contributed by atoms with E-state index in [0.717, 1.165) is 0 Å². The molecule has 3 atom stereocenters. The predicted molar refractivity (Wildman–Crippen MR) is 118 cm³/mol. The largest absolute Gasteiger partial charge is 0.507 e. The first-order chi connectivity index (χ1) is 15.2. The lowest BCUT2D eigenvalue weighted by Crippen LogP contribution is -2.48. The average Bonchev–Trinajstić information content (AvgIpc) is 2.76. The number of carboxylic acids is 1. The van der Waals surface area contributed by atoms with Gasteiger partial charge in [0.2, 0.25) is 5.91 Å². The predicted octanol–water partition coefficient (Wildman–Crippen LogP) is 3.27. The molecule has 1 saturated heterocycles. The molecule has 1 aliphatic rings. The van der Waals surface area contributed by atoms with E-state index in [2.05, 4.69) is 0 Å². The first kappa shape index (κ1) is 23.4. The summed E-state index contributed by atoms with van der Waals surface area (Å²) in [7, 11) is 2.97. The minimum atomic E-state index is -1.04. The van der Waals surface area contributed by atoms with Gasteiger partial charge in [-0.3, -0.25) is 4.79 Å². The van der Waals surface area contributed by atoms with Crippen molar-refractivity contribution in [3.8, 4) is 17.2 Å². The topological polar surface area (TPSA) is 106 Å². The number of morpholine rings is 1. The van der Waals surface area contributed by atoms with Crippen LogP contribution in [0.4, 0.5) is 0 Å². The van der Waals surface area contributed by atoms with Gasteiger partial charge in [-0.1, -0.05) is 12.1 Å². The van der Waals surface area contributed by atoms with Crippen molar-refractivity contribution < 1.29 is 34.0 Å². The zero-order valence-corrected chi connectivity index (χ0v) is 18.7. The third kappa shape index (κ3) is 5.13. The Morgan fingerprint density at radius 2 is 1.72 bits per heavy atom. The lowest BCUT2D eigenvalue weighted by molar-refractivity contribution is -0.143. The van der Waals surface area contributed by atoms with Gasteiger partial charge >= 0.3 is 5.97 Å². The Labute approximate surface area is 187 Å². The monoisotopic (exact) mass is 443 g/mol. The number of aromatic carboxylic acids is 1. The number of methoxy groups -OCH3 is 2. The standard InChI is InChI=1S/C24H29NO7/c1-14-12-25(13-15(2)32-14)22(27)11-19(16-5-7-17(8-6-16)24(28)29)23-20(26)9-18(30-3)10-21(23)31-4/h5-10,14-15,19,26H,11-13H2,1-4H3,(H,28,29). The molecule has 172 valence electrons. The van der Waals surface area contributed by atoms with Gasteiger partial charge in [-0.15, -0.1) is 0 Å². The second-order valence-corrected chi connectivity index (χ2v) is 8.00. The normalized spacial score (nSPS) is 19.3. The van der Waals surface area contributed by atoms with Crippen LogP contribution in [0.15, 0.2) is 36.4 Å². The summed E-state index contributed by atoms with van der Waals surface area (Å²) in [6.45, 7) is 4.83. The molecular weight excluding hydrogens is 414 g/mol. The second kappa shape index (κ2) is 9.91. The van der Waals surface area contributed by atoms with Crippen LogP contribution in [0.25, 0.3) is 0 Å². The molecule has 0 aliphatic carbocycles. The van der Waals surface area contributed by atoms with E-state index in [1.807, 2.05) is 13.8 Å². The first-order valence-electron chi connectivity index (χ1n) is 10.4. The summed E-state index contributed by atoms with van der Waals surface area (Å²) in [4.78, 5) is 26.3. The van der Waals surface area contributed by atoms with Gasteiger partial charge in [0.05, 0.1) is 32.0 Å². The summed E-state index contributed by atoms with van der Waals surface area (Å²) in [6, 6.07) is 9.42. The number of ether oxygens (including phenoxy) is 3. The number of phenolic OH excluding ortho intramolecular Hbond substituents is 1. The molecule has 1 amide bonds. The van der Waals surface area contributed by atoms with Crippen LogP contribution in [0.3, 0.4) is 0 Å². The first-order valence-corrected chi connectivity index (χ1v) is 10.4. The Balaban J connectivity index is 2.02. The van der Waals surface area contributed by atoms with Crippen molar-refractivity contribution in [1.82, 2.24) is 4.90 Å². The fourth-order valence-electron chi connectivity index (χ4n) is 4.15. The Morgan fingerprint density at radius 1 is 1.09 bits per heavy atom. The van der Waals surface area contributed by atoms with Crippen LogP contribution < -0.4 is 9.47 Å². The third-order valence-electron chi connectivity index (χ3n) is 5.61. The smallest absolute Gasteiger partial charge is 0.335 e. The SMILES string of the molecule is COc1cc(O)c(C(CC(=O)N2CC(C)OC(C)C2)c2ccc(C(=O)O)cc2)c(OC)c1. The van der Waals surface area contributed by atoms with Crippen LogP contribution in [0.2, 0.25) is 0 Å². The summed E-state index contributed by atoms with van der Waals surface area (Å²) in [5, 5.41) is 20.1. The summed E-state index contributed by atoms with van der Waals surface area (Å²) in [6.07, 6.45) is -0.0675. The van der Waals surface area contributed by atoms with E-state index in [4.69, 9.17) is 14.2 Å². The van der Waals surface area contributed by atoms with Crippen LogP contribution in [-0.4, -0.2) is 66.5 Å². The van der Waals surface area contributed by atoms with E-state index in [9.17, 15) is 19.8 Å². The zero-order valence-electron chi connectivity index (χ0n) is 18.7. The number of hydrogen-bond acceptors (Lipinski definition) is 6. The number of phenols is 1. The zero-order chi connectivity index (χ0) is 23.4. The number of nitrogens with zero attached hydrogens (tertiary/aromatic N) is 1. The van der Waals surface area contributed by atoms with E-state index < -0.39 is 11.9 Å². The number of carboxylic acid groups (broad SMARTS) is 1. The van der Waals surface area contributed by atoms with Crippen LogP contribution in [0.1, 0.15) is 47.7 Å². The number of aromatic hydroxyl groups is 1. The highest BCUT2D eigenvalue weighted by Gasteiger charge is 2.31. The fraction of sp³-hybridized carbons (Fsp3) is 0.417. The second-order valence-electron chi connectivity index (χ2n) is 8.00.